The predicted molar refractivity (Wildman–Crippen MR) is 118 cm³/mol. The number of halogens is 3. The summed E-state index contributed by atoms with van der Waals surface area (Å²) in [6.07, 6.45) is -3.11. The van der Waals surface area contributed by atoms with Gasteiger partial charge in [-0.15, -0.1) is 11.3 Å². The summed E-state index contributed by atoms with van der Waals surface area (Å²) in [5.74, 6) is -0.761. The lowest BCUT2D eigenvalue weighted by molar-refractivity contribution is -0.141. The van der Waals surface area contributed by atoms with Crippen LogP contribution in [0.15, 0.2) is 54.0 Å². The third-order valence-electron chi connectivity index (χ3n) is 4.97. The molecule has 0 unspecified atom stereocenters. The fourth-order valence-electron chi connectivity index (χ4n) is 3.51. The van der Waals surface area contributed by atoms with Crippen molar-refractivity contribution in [2.45, 2.75) is 26.2 Å². The van der Waals surface area contributed by atoms with Gasteiger partial charge in [-0.05, 0) is 42.1 Å². The van der Waals surface area contributed by atoms with Gasteiger partial charge in [0.05, 0.1) is 35.3 Å². The average Bonchev–Trinajstić information content (AvgIpc) is 3.42. The number of benzene rings is 1. The number of aromatic nitrogens is 3. The van der Waals surface area contributed by atoms with E-state index in [1.54, 1.807) is 35.1 Å². The lowest BCUT2D eigenvalue weighted by atomic mass is 10.1. The number of aryl methyl sites for hydroxylation is 1. The molecule has 6 nitrogen and oxygen atoms in total. The van der Waals surface area contributed by atoms with Crippen LogP contribution in [0.4, 0.5) is 13.2 Å². The second kappa shape index (κ2) is 9.03. The Morgan fingerprint density at radius 2 is 2.00 bits per heavy atom. The molecule has 0 aliphatic heterocycles. The zero-order valence-electron chi connectivity index (χ0n) is 17.5. The van der Waals surface area contributed by atoms with Crippen LogP contribution >= 0.6 is 11.3 Å². The summed E-state index contributed by atoms with van der Waals surface area (Å²) in [7, 11) is 0. The zero-order chi connectivity index (χ0) is 23.6. The third-order valence-corrected chi connectivity index (χ3v) is 5.83. The largest absolute Gasteiger partial charge is 0.406 e. The molecule has 33 heavy (non-hydrogen) atoms. The highest BCUT2D eigenvalue weighted by Crippen LogP contribution is 2.25. The SMILES string of the molecule is Cc1cc(C(=O)N(Cc2ccc(C#N)cc2)CC(F)(F)F)c2cnn(Cc3cccs3)c2n1. The molecule has 0 radical (unpaired) electrons. The van der Waals surface area contributed by atoms with Crippen molar-refractivity contribution in [3.8, 4) is 6.07 Å². The number of thiophene rings is 1. The Morgan fingerprint density at radius 3 is 2.64 bits per heavy atom. The lowest BCUT2D eigenvalue weighted by Gasteiger charge is -2.24. The van der Waals surface area contributed by atoms with Crippen LogP contribution in [-0.2, 0) is 13.1 Å². The third kappa shape index (κ3) is 5.21. The van der Waals surface area contributed by atoms with Crippen molar-refractivity contribution in [1.29, 1.82) is 5.26 Å². The molecule has 0 fully saturated rings. The summed E-state index contributed by atoms with van der Waals surface area (Å²) < 4.78 is 41.7. The number of carbonyl (C=O) groups excluding carboxylic acids is 1. The summed E-state index contributed by atoms with van der Waals surface area (Å²) in [4.78, 5) is 19.6. The van der Waals surface area contributed by atoms with Gasteiger partial charge in [-0.2, -0.15) is 23.5 Å². The van der Waals surface area contributed by atoms with E-state index in [9.17, 15) is 18.0 Å². The van der Waals surface area contributed by atoms with Gasteiger partial charge in [-0.25, -0.2) is 9.67 Å². The van der Waals surface area contributed by atoms with E-state index >= 15 is 0 Å². The second-order valence-electron chi connectivity index (χ2n) is 7.52. The number of amides is 1. The van der Waals surface area contributed by atoms with Crippen LogP contribution < -0.4 is 0 Å². The smallest absolute Gasteiger partial charge is 0.325 e. The van der Waals surface area contributed by atoms with Crippen molar-refractivity contribution in [2.75, 3.05) is 6.54 Å². The van der Waals surface area contributed by atoms with Gasteiger partial charge >= 0.3 is 6.18 Å². The van der Waals surface area contributed by atoms with Crippen LogP contribution in [0.5, 0.6) is 0 Å². The summed E-state index contributed by atoms with van der Waals surface area (Å²) in [5.41, 5.74) is 1.94. The highest BCUT2D eigenvalue weighted by molar-refractivity contribution is 7.09. The van der Waals surface area contributed by atoms with Crippen molar-refractivity contribution in [2.24, 2.45) is 0 Å². The minimum Gasteiger partial charge on any atom is -0.325 e. The molecule has 0 N–H and O–H groups in total. The van der Waals surface area contributed by atoms with E-state index < -0.39 is 18.6 Å². The Kier molecular flexibility index (Phi) is 6.16. The number of carbonyl (C=O) groups is 1. The first-order valence-electron chi connectivity index (χ1n) is 9.94. The van der Waals surface area contributed by atoms with Crippen molar-refractivity contribution >= 4 is 28.3 Å². The Labute approximate surface area is 191 Å². The highest BCUT2D eigenvalue weighted by Gasteiger charge is 2.34. The van der Waals surface area contributed by atoms with E-state index in [-0.39, 0.29) is 12.1 Å². The topological polar surface area (TPSA) is 74.8 Å². The minimum atomic E-state index is -4.58. The molecule has 0 saturated heterocycles. The van der Waals surface area contributed by atoms with E-state index in [1.807, 2.05) is 23.6 Å². The van der Waals surface area contributed by atoms with Gasteiger partial charge in [-0.1, -0.05) is 18.2 Å². The maximum Gasteiger partial charge on any atom is 0.406 e. The Balaban J connectivity index is 1.70. The van der Waals surface area contributed by atoms with Crippen LogP contribution in [0.2, 0.25) is 0 Å². The Morgan fingerprint density at radius 1 is 1.24 bits per heavy atom. The predicted octanol–water partition coefficient (Wildman–Crippen LogP) is 4.93. The zero-order valence-corrected chi connectivity index (χ0v) is 18.3. The molecule has 3 heterocycles. The van der Waals surface area contributed by atoms with Gasteiger partial charge in [0.1, 0.15) is 6.54 Å². The fourth-order valence-corrected chi connectivity index (χ4v) is 4.19. The fraction of sp³-hybridized carbons (Fsp3) is 0.217. The van der Waals surface area contributed by atoms with Crippen molar-refractivity contribution in [1.82, 2.24) is 19.7 Å². The molecule has 0 atom stereocenters. The van der Waals surface area contributed by atoms with E-state index in [4.69, 9.17) is 5.26 Å². The molecule has 10 heteroatoms. The molecule has 1 aromatic carbocycles. The normalized spacial score (nSPS) is 11.5. The number of nitriles is 1. The van der Waals surface area contributed by atoms with Crippen LogP contribution in [-0.4, -0.2) is 38.3 Å². The maximum absolute atomic E-state index is 13.4. The van der Waals surface area contributed by atoms with E-state index in [2.05, 4.69) is 10.1 Å². The van der Waals surface area contributed by atoms with Gasteiger partial charge in [0.15, 0.2) is 5.65 Å². The van der Waals surface area contributed by atoms with Crippen molar-refractivity contribution in [3.05, 3.63) is 81.3 Å². The van der Waals surface area contributed by atoms with Crippen LogP contribution in [0.25, 0.3) is 11.0 Å². The monoisotopic (exact) mass is 469 g/mol. The molecular weight excluding hydrogens is 451 g/mol. The van der Waals surface area contributed by atoms with Crippen LogP contribution in [0.1, 0.15) is 32.1 Å². The number of hydrogen-bond acceptors (Lipinski definition) is 5. The quantitative estimate of drug-likeness (QED) is 0.402. The van der Waals surface area contributed by atoms with Gasteiger partial charge in [-0.3, -0.25) is 4.79 Å². The van der Waals surface area contributed by atoms with Crippen LogP contribution in [0.3, 0.4) is 0 Å². The van der Waals surface area contributed by atoms with E-state index in [0.717, 1.165) is 9.78 Å². The summed E-state index contributed by atoms with van der Waals surface area (Å²) in [6, 6.07) is 13.4. The number of rotatable bonds is 6. The van der Waals surface area contributed by atoms with Crippen molar-refractivity contribution < 1.29 is 18.0 Å². The molecule has 168 valence electrons. The average molecular weight is 469 g/mol. The number of nitrogens with zero attached hydrogens (tertiary/aromatic N) is 5. The number of pyridine rings is 1. The van der Waals surface area contributed by atoms with Gasteiger partial charge in [0.2, 0.25) is 0 Å². The van der Waals surface area contributed by atoms with Gasteiger partial charge < -0.3 is 4.90 Å². The first-order valence-corrected chi connectivity index (χ1v) is 10.8. The standard InChI is InChI=1S/C23H18F3N5OS/c1-15-9-19(20-11-28-31(21(20)29-15)13-18-3-2-8-33-18)22(32)30(14-23(24,25)26)12-17-6-4-16(10-27)5-7-17/h2-9,11H,12-14H2,1H3. The number of fused-ring (bicyclic) bond motifs is 1. The Bertz CT molecular complexity index is 1320. The number of hydrogen-bond donors (Lipinski definition) is 0. The van der Waals surface area contributed by atoms with Crippen LogP contribution in [0, 0.1) is 18.3 Å². The molecular formula is C23H18F3N5OS. The molecule has 0 aliphatic rings. The first-order chi connectivity index (χ1) is 15.7. The first kappa shape index (κ1) is 22.5. The highest BCUT2D eigenvalue weighted by atomic mass is 32.1. The molecule has 4 rings (SSSR count). The molecule has 3 aromatic heterocycles. The summed E-state index contributed by atoms with van der Waals surface area (Å²) >= 11 is 1.55. The van der Waals surface area contributed by atoms with Gasteiger partial charge in [0.25, 0.3) is 5.91 Å². The molecule has 0 aliphatic carbocycles. The maximum atomic E-state index is 13.4. The van der Waals surface area contributed by atoms with Crippen molar-refractivity contribution in [3.63, 3.8) is 0 Å². The van der Waals surface area contributed by atoms with E-state index in [0.29, 0.717) is 34.4 Å². The lowest BCUT2D eigenvalue weighted by Crippen LogP contribution is -2.38. The molecule has 0 saturated carbocycles. The van der Waals surface area contributed by atoms with Gasteiger partial charge in [0, 0.05) is 17.1 Å². The summed E-state index contributed by atoms with van der Waals surface area (Å²) in [5, 5.41) is 15.6. The molecule has 0 spiro atoms. The Hall–Kier alpha value is -3.71. The molecule has 1 amide bonds. The summed E-state index contributed by atoms with van der Waals surface area (Å²) in [6.45, 7) is 0.477. The molecule has 0 bridgehead atoms. The second-order valence-corrected chi connectivity index (χ2v) is 8.55. The van der Waals surface area contributed by atoms with E-state index in [1.165, 1.54) is 24.4 Å². The number of alkyl halides is 3. The minimum absolute atomic E-state index is 0.118. The molecule has 4 aromatic rings.